The maximum atomic E-state index is 12.1. The number of morpholine rings is 1. The van der Waals surface area contributed by atoms with Gasteiger partial charge in [0.2, 0.25) is 5.91 Å². The standard InChI is InChI=1S/C16H21BrN2O2/c1-12-8-14(19-11-13(10-17)9-16(19)20)2-3-15(12)18-4-6-21-7-5-18/h2-3,8,13H,4-7,9-11H2,1H3. The van der Waals surface area contributed by atoms with Crippen molar-refractivity contribution in [3.63, 3.8) is 0 Å². The predicted molar refractivity (Wildman–Crippen MR) is 88.5 cm³/mol. The molecule has 1 amide bonds. The van der Waals surface area contributed by atoms with Gasteiger partial charge in [-0.15, -0.1) is 0 Å². The number of amides is 1. The average molecular weight is 353 g/mol. The molecule has 5 heteroatoms. The summed E-state index contributed by atoms with van der Waals surface area (Å²) in [6, 6.07) is 6.36. The minimum Gasteiger partial charge on any atom is -0.378 e. The summed E-state index contributed by atoms with van der Waals surface area (Å²) < 4.78 is 5.41. The van der Waals surface area contributed by atoms with Crippen molar-refractivity contribution < 1.29 is 9.53 Å². The lowest BCUT2D eigenvalue weighted by Crippen LogP contribution is -2.36. The topological polar surface area (TPSA) is 32.8 Å². The molecule has 3 rings (SSSR count). The molecule has 0 spiro atoms. The molecule has 0 radical (unpaired) electrons. The van der Waals surface area contributed by atoms with Crippen LogP contribution in [0.4, 0.5) is 11.4 Å². The van der Waals surface area contributed by atoms with Crippen LogP contribution in [0.25, 0.3) is 0 Å². The minimum atomic E-state index is 0.234. The number of anilines is 2. The molecule has 1 unspecified atom stereocenters. The van der Waals surface area contributed by atoms with Gasteiger partial charge in [-0.3, -0.25) is 4.79 Å². The largest absolute Gasteiger partial charge is 0.378 e. The zero-order valence-corrected chi connectivity index (χ0v) is 13.9. The van der Waals surface area contributed by atoms with Gasteiger partial charge in [0.25, 0.3) is 0 Å². The Labute approximate surface area is 134 Å². The van der Waals surface area contributed by atoms with Gasteiger partial charge in [-0.1, -0.05) is 15.9 Å². The van der Waals surface area contributed by atoms with Gasteiger partial charge in [-0.2, -0.15) is 0 Å². The smallest absolute Gasteiger partial charge is 0.227 e. The van der Waals surface area contributed by atoms with E-state index in [-0.39, 0.29) is 5.91 Å². The first-order valence-corrected chi connectivity index (χ1v) is 8.61. The molecular weight excluding hydrogens is 332 g/mol. The van der Waals surface area contributed by atoms with Gasteiger partial charge >= 0.3 is 0 Å². The monoisotopic (exact) mass is 352 g/mol. The Morgan fingerprint density at radius 1 is 1.33 bits per heavy atom. The Kier molecular flexibility index (Phi) is 4.50. The van der Waals surface area contributed by atoms with Crippen LogP contribution in [0.2, 0.25) is 0 Å². The van der Waals surface area contributed by atoms with Crippen LogP contribution >= 0.6 is 15.9 Å². The highest BCUT2D eigenvalue weighted by atomic mass is 79.9. The number of carbonyl (C=O) groups is 1. The van der Waals surface area contributed by atoms with Gasteiger partial charge in [0.1, 0.15) is 0 Å². The molecule has 1 atom stereocenters. The lowest BCUT2D eigenvalue weighted by molar-refractivity contribution is -0.117. The lowest BCUT2D eigenvalue weighted by Gasteiger charge is -2.30. The van der Waals surface area contributed by atoms with Crippen LogP contribution in [0, 0.1) is 12.8 Å². The summed E-state index contributed by atoms with van der Waals surface area (Å²) in [4.78, 5) is 16.4. The number of hydrogen-bond acceptors (Lipinski definition) is 3. The van der Waals surface area contributed by atoms with Crippen molar-refractivity contribution in [1.82, 2.24) is 0 Å². The maximum Gasteiger partial charge on any atom is 0.227 e. The van der Waals surface area contributed by atoms with Crippen LogP contribution in [0.5, 0.6) is 0 Å². The summed E-state index contributed by atoms with van der Waals surface area (Å²) >= 11 is 3.48. The third-order valence-corrected chi connectivity index (χ3v) is 5.18. The highest BCUT2D eigenvalue weighted by molar-refractivity contribution is 9.09. The predicted octanol–water partition coefficient (Wildman–Crippen LogP) is 2.58. The van der Waals surface area contributed by atoms with E-state index in [1.165, 1.54) is 11.3 Å². The fourth-order valence-corrected chi connectivity index (χ4v) is 3.53. The Balaban J connectivity index is 1.79. The number of hydrogen-bond donors (Lipinski definition) is 0. The van der Waals surface area contributed by atoms with E-state index in [4.69, 9.17) is 4.74 Å². The van der Waals surface area contributed by atoms with Crippen LogP contribution in [0.1, 0.15) is 12.0 Å². The van der Waals surface area contributed by atoms with Crippen molar-refractivity contribution in [1.29, 1.82) is 0 Å². The molecule has 21 heavy (non-hydrogen) atoms. The van der Waals surface area contributed by atoms with Crippen LogP contribution in [-0.4, -0.2) is 44.1 Å². The van der Waals surface area contributed by atoms with Crippen molar-refractivity contribution in [3.8, 4) is 0 Å². The van der Waals surface area contributed by atoms with Gasteiger partial charge in [0, 0.05) is 42.8 Å². The molecule has 2 heterocycles. The summed E-state index contributed by atoms with van der Waals surface area (Å²) in [5.74, 6) is 0.662. The van der Waals surface area contributed by atoms with E-state index in [1.807, 2.05) is 4.90 Å². The molecule has 2 aliphatic rings. The summed E-state index contributed by atoms with van der Waals surface area (Å²) in [5, 5.41) is 0.889. The molecule has 2 saturated heterocycles. The minimum absolute atomic E-state index is 0.234. The fraction of sp³-hybridized carbons (Fsp3) is 0.562. The summed E-state index contributed by atoms with van der Waals surface area (Å²) in [7, 11) is 0. The van der Waals surface area contributed by atoms with Crippen LogP contribution in [-0.2, 0) is 9.53 Å². The molecule has 0 saturated carbocycles. The third-order valence-electron chi connectivity index (χ3n) is 4.27. The van der Waals surface area contributed by atoms with E-state index in [1.54, 1.807) is 0 Å². The number of rotatable bonds is 3. The molecular formula is C16H21BrN2O2. The number of nitrogens with zero attached hydrogens (tertiary/aromatic N) is 2. The Morgan fingerprint density at radius 3 is 2.71 bits per heavy atom. The van der Waals surface area contributed by atoms with E-state index >= 15 is 0 Å². The highest BCUT2D eigenvalue weighted by Crippen LogP contribution is 2.30. The number of benzene rings is 1. The quantitative estimate of drug-likeness (QED) is 0.783. The molecule has 2 aliphatic heterocycles. The molecule has 1 aromatic rings. The second-order valence-electron chi connectivity index (χ2n) is 5.80. The molecule has 2 fully saturated rings. The first kappa shape index (κ1) is 14.9. The van der Waals surface area contributed by atoms with Crippen molar-refractivity contribution >= 4 is 33.2 Å². The molecule has 114 valence electrons. The molecule has 0 aliphatic carbocycles. The summed E-state index contributed by atoms with van der Waals surface area (Å²) in [6.45, 7) is 6.40. The maximum absolute atomic E-state index is 12.1. The zero-order valence-electron chi connectivity index (χ0n) is 12.3. The second kappa shape index (κ2) is 6.36. The Hall–Kier alpha value is -1.07. The first-order chi connectivity index (χ1) is 10.2. The van der Waals surface area contributed by atoms with E-state index in [2.05, 4.69) is 46.0 Å². The number of alkyl halides is 1. The van der Waals surface area contributed by atoms with Gasteiger partial charge in [-0.05, 0) is 36.6 Å². The SMILES string of the molecule is Cc1cc(N2CC(CBr)CC2=O)ccc1N1CCOCC1. The molecule has 0 aromatic heterocycles. The molecule has 4 nitrogen and oxygen atoms in total. The number of halogens is 1. The van der Waals surface area contributed by atoms with E-state index < -0.39 is 0 Å². The average Bonchev–Trinajstić information content (AvgIpc) is 2.89. The first-order valence-electron chi connectivity index (χ1n) is 7.48. The third kappa shape index (κ3) is 3.09. The van der Waals surface area contributed by atoms with Gasteiger partial charge in [0.15, 0.2) is 0 Å². The number of carbonyl (C=O) groups excluding carboxylic acids is 1. The Morgan fingerprint density at radius 2 is 2.10 bits per heavy atom. The van der Waals surface area contributed by atoms with Crippen molar-refractivity contribution in [2.24, 2.45) is 5.92 Å². The molecule has 0 N–H and O–H groups in total. The summed E-state index contributed by atoms with van der Waals surface area (Å²) in [6.07, 6.45) is 0.648. The molecule has 0 bridgehead atoms. The van der Waals surface area contributed by atoms with E-state index in [0.29, 0.717) is 12.3 Å². The Bertz CT molecular complexity index is 529. The molecule has 1 aromatic carbocycles. The zero-order chi connectivity index (χ0) is 14.8. The van der Waals surface area contributed by atoms with Crippen molar-refractivity contribution in [2.75, 3.05) is 48.0 Å². The van der Waals surface area contributed by atoms with Gasteiger partial charge < -0.3 is 14.5 Å². The summed E-state index contributed by atoms with van der Waals surface area (Å²) in [5.41, 5.74) is 3.51. The van der Waals surface area contributed by atoms with E-state index in [0.717, 1.165) is 43.9 Å². The van der Waals surface area contributed by atoms with Crippen molar-refractivity contribution in [3.05, 3.63) is 23.8 Å². The van der Waals surface area contributed by atoms with Crippen LogP contribution in [0.3, 0.4) is 0 Å². The van der Waals surface area contributed by atoms with Crippen molar-refractivity contribution in [2.45, 2.75) is 13.3 Å². The van der Waals surface area contributed by atoms with Crippen LogP contribution < -0.4 is 9.80 Å². The second-order valence-corrected chi connectivity index (χ2v) is 6.45. The van der Waals surface area contributed by atoms with Gasteiger partial charge in [-0.25, -0.2) is 0 Å². The van der Waals surface area contributed by atoms with Crippen LogP contribution in [0.15, 0.2) is 18.2 Å². The fourth-order valence-electron chi connectivity index (χ4n) is 3.10. The normalized spacial score (nSPS) is 23.0. The van der Waals surface area contributed by atoms with Gasteiger partial charge in [0.05, 0.1) is 13.2 Å². The highest BCUT2D eigenvalue weighted by Gasteiger charge is 2.30. The number of aryl methyl sites for hydroxylation is 1. The number of ether oxygens (including phenoxy) is 1. The lowest BCUT2D eigenvalue weighted by atomic mass is 10.1. The van der Waals surface area contributed by atoms with E-state index in [9.17, 15) is 4.79 Å².